The molecule has 0 amide bonds. The number of Topliss-reactive ketones (excluding diaryl/α,β-unsaturated/α-hetero) is 1. The van der Waals surface area contributed by atoms with E-state index in [1.807, 2.05) is 32.3 Å². The van der Waals surface area contributed by atoms with E-state index in [9.17, 15) is 4.79 Å². The van der Waals surface area contributed by atoms with Crippen molar-refractivity contribution in [1.29, 1.82) is 0 Å². The molecule has 59 valence electrons. The maximum absolute atomic E-state index is 11.4. The Morgan fingerprint density at radius 1 is 1.33 bits per heavy atom. The summed E-state index contributed by atoms with van der Waals surface area (Å²) in [6.07, 6.45) is 1.62. The van der Waals surface area contributed by atoms with Crippen LogP contribution in [0, 0.1) is 0 Å². The van der Waals surface area contributed by atoms with E-state index in [1.54, 1.807) is 0 Å². The van der Waals surface area contributed by atoms with E-state index < -0.39 is 0 Å². The fraction of sp³-hybridized carbons (Fsp3) is 0.300. The summed E-state index contributed by atoms with van der Waals surface area (Å²) in [6.45, 7) is 1.97. The van der Waals surface area contributed by atoms with Crippen molar-refractivity contribution < 1.29 is 4.79 Å². The van der Waals surface area contributed by atoms with Crippen molar-refractivity contribution in [3.05, 3.63) is 29.3 Å². The van der Waals surface area contributed by atoms with Gasteiger partial charge in [0.1, 0.15) is 7.28 Å². The fourth-order valence-corrected chi connectivity index (χ4v) is 1.78. The van der Waals surface area contributed by atoms with E-state index in [0.29, 0.717) is 12.2 Å². The second kappa shape index (κ2) is 2.78. The third-order valence-corrected chi connectivity index (χ3v) is 2.39. The lowest BCUT2D eigenvalue weighted by atomic mass is 9.70. The summed E-state index contributed by atoms with van der Waals surface area (Å²) >= 11 is 0. The molecule has 0 atom stereocenters. The Hall–Kier alpha value is -1.05. The summed E-state index contributed by atoms with van der Waals surface area (Å²) in [5, 5.41) is 0. The molecule has 0 bridgehead atoms. The van der Waals surface area contributed by atoms with Crippen molar-refractivity contribution >= 4 is 18.5 Å². The fourth-order valence-electron chi connectivity index (χ4n) is 1.78. The molecule has 2 heteroatoms. The van der Waals surface area contributed by atoms with Crippen LogP contribution in [0.5, 0.6) is 0 Å². The van der Waals surface area contributed by atoms with Crippen LogP contribution in [0.3, 0.4) is 0 Å². The number of aryl methyl sites for hydroxylation is 1. The zero-order chi connectivity index (χ0) is 8.55. The second-order valence-electron chi connectivity index (χ2n) is 3.09. The Morgan fingerprint density at radius 2 is 2.17 bits per heavy atom. The third-order valence-electron chi connectivity index (χ3n) is 2.39. The van der Waals surface area contributed by atoms with Crippen LogP contribution in [0.2, 0.25) is 6.82 Å². The summed E-state index contributed by atoms with van der Waals surface area (Å²) in [7, 11) is 2.00. The maximum atomic E-state index is 11.4. The van der Waals surface area contributed by atoms with Crippen LogP contribution in [-0.4, -0.2) is 13.1 Å². The molecule has 2 rings (SSSR count). The van der Waals surface area contributed by atoms with Gasteiger partial charge in [0.25, 0.3) is 0 Å². The van der Waals surface area contributed by atoms with Crippen LogP contribution < -0.4 is 5.46 Å². The Bertz CT molecular complexity index is 331. The first kappa shape index (κ1) is 7.60. The average Bonchev–Trinajstić information content (AvgIpc) is 2.48. The molecule has 0 spiro atoms. The Kier molecular flexibility index (Phi) is 1.76. The second-order valence-corrected chi connectivity index (χ2v) is 3.09. The molecule has 1 aliphatic carbocycles. The summed E-state index contributed by atoms with van der Waals surface area (Å²) in [4.78, 5) is 11.4. The molecule has 1 nitrogen and oxygen atoms in total. The smallest absolute Gasteiger partial charge is 0.162 e. The summed E-state index contributed by atoms with van der Waals surface area (Å²) in [5.74, 6) is 0.304. The Labute approximate surface area is 73.0 Å². The largest absolute Gasteiger partial charge is 0.294 e. The van der Waals surface area contributed by atoms with Gasteiger partial charge in [-0.2, -0.15) is 0 Å². The lowest BCUT2D eigenvalue weighted by Crippen LogP contribution is -2.18. The standard InChI is InChI=1S/C10H10BO/c1-11-8-4-2-3-7-5-6-9(12)10(7)8/h2-4H,5-6H2,1H3. The number of fused-ring (bicyclic) bond motifs is 1. The number of benzene rings is 1. The van der Waals surface area contributed by atoms with Gasteiger partial charge < -0.3 is 0 Å². The predicted molar refractivity (Wildman–Crippen MR) is 50.3 cm³/mol. The molecule has 0 saturated heterocycles. The molecule has 0 unspecified atom stereocenters. The molecule has 1 aromatic rings. The van der Waals surface area contributed by atoms with Crippen LogP contribution in [0.15, 0.2) is 18.2 Å². The maximum Gasteiger partial charge on any atom is 0.162 e. The minimum absolute atomic E-state index is 0.304. The van der Waals surface area contributed by atoms with Gasteiger partial charge in [-0.1, -0.05) is 30.5 Å². The van der Waals surface area contributed by atoms with Crippen LogP contribution >= 0.6 is 0 Å². The highest BCUT2D eigenvalue weighted by Gasteiger charge is 2.21. The van der Waals surface area contributed by atoms with Crippen LogP contribution in [0.1, 0.15) is 22.3 Å². The third kappa shape index (κ3) is 0.988. The van der Waals surface area contributed by atoms with Crippen molar-refractivity contribution in [3.8, 4) is 0 Å². The molecule has 1 aromatic carbocycles. The van der Waals surface area contributed by atoms with Crippen LogP contribution in [0.4, 0.5) is 0 Å². The number of carbonyl (C=O) groups is 1. The molecule has 0 N–H and O–H groups in total. The lowest BCUT2D eigenvalue weighted by molar-refractivity contribution is 0.0995. The van der Waals surface area contributed by atoms with E-state index >= 15 is 0 Å². The molecule has 1 radical (unpaired) electrons. The lowest BCUT2D eigenvalue weighted by Gasteiger charge is -2.02. The van der Waals surface area contributed by atoms with Gasteiger partial charge in [0.15, 0.2) is 5.78 Å². The summed E-state index contributed by atoms with van der Waals surface area (Å²) < 4.78 is 0. The molecule has 0 aliphatic heterocycles. The van der Waals surface area contributed by atoms with Gasteiger partial charge in [-0.3, -0.25) is 4.79 Å². The number of hydrogen-bond donors (Lipinski definition) is 0. The molecular weight excluding hydrogens is 147 g/mol. The quantitative estimate of drug-likeness (QED) is 0.559. The van der Waals surface area contributed by atoms with Crippen molar-refractivity contribution in [3.63, 3.8) is 0 Å². The van der Waals surface area contributed by atoms with E-state index in [0.717, 1.165) is 17.4 Å². The molecule has 0 aromatic heterocycles. The van der Waals surface area contributed by atoms with Crippen molar-refractivity contribution in [2.45, 2.75) is 19.7 Å². The minimum atomic E-state index is 0.304. The molecule has 0 heterocycles. The van der Waals surface area contributed by atoms with Crippen LogP contribution in [-0.2, 0) is 6.42 Å². The van der Waals surface area contributed by atoms with Gasteiger partial charge in [0.05, 0.1) is 0 Å². The van der Waals surface area contributed by atoms with Gasteiger partial charge >= 0.3 is 0 Å². The number of rotatable bonds is 1. The number of ketones is 1. The predicted octanol–water partition coefficient (Wildman–Crippen LogP) is 1.19. The van der Waals surface area contributed by atoms with Crippen molar-refractivity contribution in [1.82, 2.24) is 0 Å². The van der Waals surface area contributed by atoms with E-state index in [4.69, 9.17) is 0 Å². The Morgan fingerprint density at radius 3 is 2.92 bits per heavy atom. The molecule has 1 aliphatic rings. The first-order chi connectivity index (χ1) is 5.83. The van der Waals surface area contributed by atoms with Crippen LogP contribution in [0.25, 0.3) is 0 Å². The molecule has 0 fully saturated rings. The molecular formula is C10H10BO. The Balaban J connectivity index is 2.60. The highest BCUT2D eigenvalue weighted by atomic mass is 16.1. The topological polar surface area (TPSA) is 17.1 Å². The molecule has 0 saturated carbocycles. The van der Waals surface area contributed by atoms with E-state index in [2.05, 4.69) is 0 Å². The van der Waals surface area contributed by atoms with E-state index in [-0.39, 0.29) is 0 Å². The number of hydrogen-bond acceptors (Lipinski definition) is 1. The minimum Gasteiger partial charge on any atom is -0.294 e. The monoisotopic (exact) mass is 157 g/mol. The average molecular weight is 157 g/mol. The SMILES string of the molecule is C[B]c1cccc2c1C(=O)CC2. The highest BCUT2D eigenvalue weighted by molar-refractivity contribution is 6.54. The van der Waals surface area contributed by atoms with Crippen molar-refractivity contribution in [2.75, 3.05) is 0 Å². The van der Waals surface area contributed by atoms with E-state index in [1.165, 1.54) is 5.56 Å². The van der Waals surface area contributed by atoms with Gasteiger partial charge in [-0.05, 0) is 12.0 Å². The number of carbonyl (C=O) groups excluding carboxylic acids is 1. The van der Waals surface area contributed by atoms with Gasteiger partial charge in [0, 0.05) is 12.0 Å². The highest BCUT2D eigenvalue weighted by Crippen LogP contribution is 2.19. The van der Waals surface area contributed by atoms with Gasteiger partial charge in [0.2, 0.25) is 0 Å². The molecule has 12 heavy (non-hydrogen) atoms. The normalized spacial score (nSPS) is 14.6. The first-order valence-electron chi connectivity index (χ1n) is 4.27. The van der Waals surface area contributed by atoms with Gasteiger partial charge in [-0.15, -0.1) is 0 Å². The summed E-state index contributed by atoms with van der Waals surface area (Å²) in [6, 6.07) is 6.07. The zero-order valence-corrected chi connectivity index (χ0v) is 7.13. The summed E-state index contributed by atoms with van der Waals surface area (Å²) in [5.41, 5.74) is 3.27. The first-order valence-corrected chi connectivity index (χ1v) is 4.27. The zero-order valence-electron chi connectivity index (χ0n) is 7.13. The van der Waals surface area contributed by atoms with Crippen molar-refractivity contribution in [2.24, 2.45) is 0 Å². The van der Waals surface area contributed by atoms with Gasteiger partial charge in [-0.25, -0.2) is 0 Å².